The Kier molecular flexibility index (Phi) is 10.5. The molecule has 13 heteroatoms. The van der Waals surface area contributed by atoms with Gasteiger partial charge in [-0.1, -0.05) is 30.3 Å². The average molecular weight is 698 g/mol. The Bertz CT molecular complexity index is 2280. The number of amides is 3. The number of aromatic nitrogens is 2. The Balaban J connectivity index is 0.00000504. The second-order valence-corrected chi connectivity index (χ2v) is 11.8. The molecule has 2 heterocycles. The molecule has 12 nitrogen and oxygen atoms in total. The maximum absolute atomic E-state index is 14.8. The molecule has 0 bridgehead atoms. The van der Waals surface area contributed by atoms with Gasteiger partial charge in [-0.25, -0.2) is 4.68 Å². The van der Waals surface area contributed by atoms with Crippen LogP contribution in [-0.2, 0) is 16.1 Å². The number of fused-ring (bicyclic) bond motifs is 2. The van der Waals surface area contributed by atoms with Crippen molar-refractivity contribution < 1.29 is 14.4 Å². The van der Waals surface area contributed by atoms with Gasteiger partial charge < -0.3 is 20.4 Å². The van der Waals surface area contributed by atoms with E-state index in [0.29, 0.717) is 33.7 Å². The van der Waals surface area contributed by atoms with Crippen LogP contribution >= 0.6 is 12.4 Å². The molecule has 51 heavy (non-hydrogen) atoms. The van der Waals surface area contributed by atoms with Crippen molar-refractivity contribution in [3.63, 3.8) is 0 Å². The quantitative estimate of drug-likeness (QED) is 0.246. The van der Waals surface area contributed by atoms with E-state index in [1.807, 2.05) is 36.4 Å². The van der Waals surface area contributed by atoms with Crippen LogP contribution in [0.25, 0.3) is 16.6 Å². The molecular formula is C38H32ClN9O3. The summed E-state index contributed by atoms with van der Waals surface area (Å²) in [5.74, 6) is -1.43. The van der Waals surface area contributed by atoms with Crippen molar-refractivity contribution >= 4 is 52.4 Å². The second kappa shape index (κ2) is 14.9. The van der Waals surface area contributed by atoms with Crippen molar-refractivity contribution in [2.24, 2.45) is 0 Å². The largest absolute Gasteiger partial charge is 0.341 e. The van der Waals surface area contributed by atoms with Crippen molar-refractivity contribution in [3.8, 4) is 23.9 Å². The van der Waals surface area contributed by atoms with Crippen molar-refractivity contribution in [1.29, 1.82) is 15.8 Å². The normalized spacial score (nSPS) is 15.7. The first-order valence-electron chi connectivity index (χ1n) is 15.8. The number of nitriles is 3. The van der Waals surface area contributed by atoms with Crippen LogP contribution in [0.3, 0.4) is 0 Å². The topological polar surface area (TPSA) is 171 Å². The van der Waals surface area contributed by atoms with E-state index in [4.69, 9.17) is 5.10 Å². The lowest BCUT2D eigenvalue weighted by Crippen LogP contribution is -2.59. The molecule has 3 atom stereocenters. The van der Waals surface area contributed by atoms with Crippen LogP contribution in [0, 0.1) is 34.0 Å². The smallest absolute Gasteiger partial charge is 0.258 e. The van der Waals surface area contributed by atoms with Crippen LogP contribution in [0.15, 0.2) is 91.0 Å². The van der Waals surface area contributed by atoms with Gasteiger partial charge in [0.1, 0.15) is 12.1 Å². The van der Waals surface area contributed by atoms with E-state index >= 15 is 0 Å². The van der Waals surface area contributed by atoms with Crippen LogP contribution in [0.4, 0.5) is 11.4 Å². The van der Waals surface area contributed by atoms with E-state index in [0.717, 1.165) is 5.39 Å². The highest BCUT2D eigenvalue weighted by molar-refractivity contribution is 6.13. The molecule has 0 spiro atoms. The van der Waals surface area contributed by atoms with E-state index in [1.165, 1.54) is 34.1 Å². The zero-order valence-corrected chi connectivity index (χ0v) is 28.7. The number of nitrogens with zero attached hydrogens (tertiary/aromatic N) is 7. The summed E-state index contributed by atoms with van der Waals surface area (Å²) >= 11 is 0. The lowest BCUT2D eigenvalue weighted by molar-refractivity contribution is -0.128. The lowest BCUT2D eigenvalue weighted by atomic mass is 10.0. The van der Waals surface area contributed by atoms with Crippen molar-refractivity contribution in [1.82, 2.24) is 20.4 Å². The third-order valence-corrected chi connectivity index (χ3v) is 8.90. The molecule has 0 fully saturated rings. The Morgan fingerprint density at radius 1 is 0.863 bits per heavy atom. The van der Waals surface area contributed by atoms with Gasteiger partial charge >= 0.3 is 0 Å². The molecule has 3 amide bonds. The minimum atomic E-state index is -1.22. The maximum atomic E-state index is 14.8. The monoisotopic (exact) mass is 697 g/mol. The summed E-state index contributed by atoms with van der Waals surface area (Å²) < 4.78 is 1.67. The lowest BCUT2D eigenvalue weighted by Gasteiger charge is -2.32. The fraction of sp³-hybridized carbons (Fsp3) is 0.184. The Labute approximate surface area is 300 Å². The third-order valence-electron chi connectivity index (χ3n) is 8.90. The zero-order chi connectivity index (χ0) is 35.5. The maximum Gasteiger partial charge on any atom is 0.258 e. The average Bonchev–Trinajstić information content (AvgIpc) is 3.49. The van der Waals surface area contributed by atoms with E-state index in [2.05, 4.69) is 22.8 Å². The summed E-state index contributed by atoms with van der Waals surface area (Å²) in [6.45, 7) is 3.26. The second-order valence-electron chi connectivity index (χ2n) is 11.8. The van der Waals surface area contributed by atoms with Gasteiger partial charge in [0, 0.05) is 10.9 Å². The number of halogens is 1. The van der Waals surface area contributed by atoms with E-state index in [9.17, 15) is 30.2 Å². The molecule has 1 aromatic heterocycles. The molecule has 6 rings (SSSR count). The van der Waals surface area contributed by atoms with Gasteiger partial charge in [0.15, 0.2) is 0 Å². The molecular weight excluding hydrogens is 666 g/mol. The van der Waals surface area contributed by atoms with Crippen LogP contribution in [0.1, 0.15) is 46.6 Å². The Hall–Kier alpha value is -6.52. The molecule has 2 N–H and O–H groups in total. The summed E-state index contributed by atoms with van der Waals surface area (Å²) in [5, 5.41) is 40.5. The summed E-state index contributed by atoms with van der Waals surface area (Å²) in [5.41, 5.74) is 3.70. The van der Waals surface area contributed by atoms with Gasteiger partial charge in [-0.2, -0.15) is 20.9 Å². The molecule has 4 aromatic carbocycles. The molecule has 1 aliphatic heterocycles. The fourth-order valence-corrected chi connectivity index (χ4v) is 6.09. The zero-order valence-electron chi connectivity index (χ0n) is 27.9. The van der Waals surface area contributed by atoms with Gasteiger partial charge in [-0.3, -0.25) is 14.4 Å². The molecule has 0 saturated heterocycles. The number of carbonyl (C=O) groups excluding carboxylic acids is 3. The fourth-order valence-electron chi connectivity index (χ4n) is 6.09. The Morgan fingerprint density at radius 2 is 1.53 bits per heavy atom. The number of benzene rings is 4. The first kappa shape index (κ1) is 35.8. The summed E-state index contributed by atoms with van der Waals surface area (Å²) in [6, 6.07) is 29.0. The number of nitrogens with one attached hydrogen (secondary N) is 2. The van der Waals surface area contributed by atoms with Crippen molar-refractivity contribution in [2.45, 2.75) is 38.5 Å². The van der Waals surface area contributed by atoms with Crippen LogP contribution in [0.5, 0.6) is 0 Å². The predicted molar refractivity (Wildman–Crippen MR) is 193 cm³/mol. The van der Waals surface area contributed by atoms with Crippen LogP contribution < -0.4 is 20.4 Å². The number of rotatable bonds is 7. The van der Waals surface area contributed by atoms with E-state index in [-0.39, 0.29) is 35.8 Å². The third kappa shape index (κ3) is 6.60. The predicted octanol–water partition coefficient (Wildman–Crippen LogP) is 4.74. The van der Waals surface area contributed by atoms with Gasteiger partial charge in [0.25, 0.3) is 11.8 Å². The van der Waals surface area contributed by atoms with E-state index < -0.39 is 35.8 Å². The summed E-state index contributed by atoms with van der Waals surface area (Å²) in [7, 11) is 1.63. The number of hydrogen-bond acceptors (Lipinski definition) is 8. The molecule has 0 aliphatic carbocycles. The molecule has 0 unspecified atom stereocenters. The van der Waals surface area contributed by atoms with Gasteiger partial charge in [0.2, 0.25) is 5.91 Å². The summed E-state index contributed by atoms with van der Waals surface area (Å²) in [4.78, 5) is 45.4. The SMILES string of the molecule is CN[C@@H](C)C(=O)N[C@@H]1C(=O)N(Cc2nn(-c3ccccc3C#N)c3ccccc23)c2ccc(C#N)cc2N(C(=O)c2ccc(C#N)cc2)[C@H]1C.Cl. The number of anilines is 2. The van der Waals surface area contributed by atoms with Crippen LogP contribution in [-0.4, -0.2) is 52.7 Å². The van der Waals surface area contributed by atoms with E-state index in [1.54, 1.807) is 62.0 Å². The highest BCUT2D eigenvalue weighted by atomic mass is 35.5. The van der Waals surface area contributed by atoms with Crippen molar-refractivity contribution in [3.05, 3.63) is 119 Å². The van der Waals surface area contributed by atoms with Gasteiger partial charge in [-0.05, 0) is 81.6 Å². The first-order chi connectivity index (χ1) is 24.2. The number of hydrogen-bond donors (Lipinski definition) is 2. The van der Waals surface area contributed by atoms with Gasteiger partial charge in [-0.15, -0.1) is 12.4 Å². The number of para-hydroxylation sites is 2. The number of carbonyl (C=O) groups is 3. The molecule has 1 aliphatic rings. The summed E-state index contributed by atoms with van der Waals surface area (Å²) in [6.07, 6.45) is 0. The molecule has 0 saturated carbocycles. The molecule has 254 valence electrons. The number of likely N-dealkylation sites (N-methyl/N-ethyl adjacent to an activating group) is 1. The minimum absolute atomic E-state index is 0. The highest BCUT2D eigenvalue weighted by Gasteiger charge is 2.43. The Morgan fingerprint density at radius 3 is 2.22 bits per heavy atom. The first-order valence-corrected chi connectivity index (χ1v) is 15.8. The van der Waals surface area contributed by atoms with Crippen LogP contribution in [0.2, 0.25) is 0 Å². The molecule has 0 radical (unpaired) electrons. The highest BCUT2D eigenvalue weighted by Crippen LogP contribution is 2.39. The molecule has 5 aromatic rings. The minimum Gasteiger partial charge on any atom is -0.341 e. The standard InChI is InChI=1S/C38H31N9O3.ClH/c1-23(42-3)36(48)43-35-24(2)46(37(49)27-15-12-25(19-39)13-16-27)34-18-26(20-40)14-17-33(34)45(38(35)50)22-30-29-9-5-7-11-32(29)47(44-30)31-10-6-4-8-28(31)21-41;/h4-18,23-24,35,42H,22H2,1-3H3,(H,43,48);1H/t23-,24-,35-;/m0./s1. The van der Waals surface area contributed by atoms with Crippen molar-refractivity contribution in [2.75, 3.05) is 16.8 Å². The van der Waals surface area contributed by atoms with Gasteiger partial charge in [0.05, 0.1) is 75.7 Å².